The first kappa shape index (κ1) is 26.0. The first-order valence-electron chi connectivity index (χ1n) is 11.0. The van der Waals surface area contributed by atoms with Crippen LogP contribution in [0.15, 0.2) is 83.7 Å². The number of imidazole rings is 1. The summed E-state index contributed by atoms with van der Waals surface area (Å²) < 4.78 is 29.9. The summed E-state index contributed by atoms with van der Waals surface area (Å²) >= 11 is 20.3. The fourth-order valence-electron chi connectivity index (χ4n) is 4.16. The molecule has 1 aromatic heterocycles. The Labute approximate surface area is 223 Å². The summed E-state index contributed by atoms with van der Waals surface area (Å²) in [7, 11) is 0. The second kappa shape index (κ2) is 10.9. The van der Waals surface area contributed by atoms with Gasteiger partial charge in [-0.05, 0) is 68.3 Å². The number of aromatic nitrogens is 2. The zero-order chi connectivity index (χ0) is 25.2. The van der Waals surface area contributed by atoms with E-state index in [4.69, 9.17) is 39.8 Å². The van der Waals surface area contributed by atoms with Crippen molar-refractivity contribution in [3.63, 3.8) is 0 Å². The summed E-state index contributed by atoms with van der Waals surface area (Å²) in [6.07, 6.45) is 10.8. The van der Waals surface area contributed by atoms with Gasteiger partial charge in [0.1, 0.15) is 17.5 Å². The van der Waals surface area contributed by atoms with Crippen LogP contribution in [0.5, 0.6) is 0 Å². The largest absolute Gasteiger partial charge is 0.326 e. The zero-order valence-corrected chi connectivity index (χ0v) is 22.2. The lowest BCUT2D eigenvalue weighted by molar-refractivity contribution is 0.521. The summed E-state index contributed by atoms with van der Waals surface area (Å²) in [6, 6.07) is 9.98. The molecular formula is C27H23Cl3F2N2S. The maximum absolute atomic E-state index is 14.2. The van der Waals surface area contributed by atoms with E-state index < -0.39 is 5.41 Å². The third-order valence-corrected chi connectivity index (χ3v) is 8.39. The standard InChI is InChI=1S/C27H23Cl3F2N2S/c1-17(35-24-11-9-20(32)15-23(24)30)26-33-16-25-27(2,18-8-10-21(28)22(29)14-18)12-4-3-6-19(31)7-5-13-34(25)26/h3-11,14-17H,12-13H2,1-2H3. The van der Waals surface area contributed by atoms with Gasteiger partial charge in [-0.15, -0.1) is 11.8 Å². The van der Waals surface area contributed by atoms with Gasteiger partial charge in [-0.25, -0.2) is 13.8 Å². The number of thioether (sulfide) groups is 1. The Morgan fingerprint density at radius 3 is 2.57 bits per heavy atom. The molecular weight excluding hydrogens is 529 g/mol. The molecule has 3 aromatic rings. The molecule has 0 fully saturated rings. The molecule has 0 spiro atoms. The number of fused-ring (bicyclic) bond motifs is 1. The fraction of sp³-hybridized carbons (Fsp3) is 0.222. The van der Waals surface area contributed by atoms with Gasteiger partial charge < -0.3 is 4.57 Å². The normalized spacial score (nSPS) is 19.1. The van der Waals surface area contributed by atoms with Crippen molar-refractivity contribution >= 4 is 46.6 Å². The van der Waals surface area contributed by atoms with Gasteiger partial charge in [-0.3, -0.25) is 0 Å². The molecule has 2 heterocycles. The number of nitrogens with zero attached hydrogens (tertiary/aromatic N) is 2. The first-order valence-corrected chi connectivity index (χ1v) is 13.0. The highest BCUT2D eigenvalue weighted by atomic mass is 35.5. The molecule has 1 aliphatic rings. The van der Waals surface area contributed by atoms with E-state index in [-0.39, 0.29) is 16.9 Å². The average molecular weight is 552 g/mol. The Morgan fingerprint density at radius 1 is 1.03 bits per heavy atom. The minimum absolute atomic E-state index is 0.112. The molecule has 0 bridgehead atoms. The van der Waals surface area contributed by atoms with Gasteiger partial charge in [0.25, 0.3) is 0 Å². The van der Waals surface area contributed by atoms with Crippen molar-refractivity contribution in [3.05, 3.63) is 117 Å². The van der Waals surface area contributed by atoms with E-state index in [0.29, 0.717) is 28.0 Å². The molecule has 0 radical (unpaired) electrons. The van der Waals surface area contributed by atoms with Crippen molar-refractivity contribution in [2.45, 2.75) is 42.4 Å². The van der Waals surface area contributed by atoms with Crippen LogP contribution < -0.4 is 0 Å². The van der Waals surface area contributed by atoms with Crippen LogP contribution in [0.3, 0.4) is 0 Å². The summed E-state index contributed by atoms with van der Waals surface area (Å²) in [5.41, 5.74) is 1.41. The van der Waals surface area contributed by atoms with E-state index in [0.717, 1.165) is 22.0 Å². The molecule has 35 heavy (non-hydrogen) atoms. The second-order valence-electron chi connectivity index (χ2n) is 8.49. The van der Waals surface area contributed by atoms with E-state index in [1.54, 1.807) is 24.3 Å². The molecule has 2 atom stereocenters. The van der Waals surface area contributed by atoms with E-state index >= 15 is 0 Å². The van der Waals surface area contributed by atoms with Crippen molar-refractivity contribution in [1.82, 2.24) is 9.55 Å². The summed E-state index contributed by atoms with van der Waals surface area (Å²) in [6.45, 7) is 4.56. The van der Waals surface area contributed by atoms with Crippen LogP contribution in [0.25, 0.3) is 0 Å². The van der Waals surface area contributed by atoms with E-state index in [1.165, 1.54) is 36.0 Å². The molecule has 2 nitrogen and oxygen atoms in total. The van der Waals surface area contributed by atoms with Crippen LogP contribution in [-0.4, -0.2) is 9.55 Å². The molecule has 0 aliphatic carbocycles. The predicted molar refractivity (Wildman–Crippen MR) is 143 cm³/mol. The smallest absolute Gasteiger partial charge is 0.124 e. The number of rotatable bonds is 4. The Hall–Kier alpha value is -2.05. The molecule has 4 rings (SSSR count). The minimum Gasteiger partial charge on any atom is -0.326 e. The van der Waals surface area contributed by atoms with E-state index in [1.807, 2.05) is 31.3 Å². The Kier molecular flexibility index (Phi) is 8.12. The van der Waals surface area contributed by atoms with Gasteiger partial charge >= 0.3 is 0 Å². The quantitative estimate of drug-likeness (QED) is 0.300. The molecule has 0 saturated heterocycles. The monoisotopic (exact) mass is 550 g/mol. The predicted octanol–water partition coefficient (Wildman–Crippen LogP) is 9.51. The molecule has 2 unspecified atom stereocenters. The SMILES string of the molecule is CC(Sc1ccc(F)cc1Cl)c1ncc2n1CC=CC(F)=CC=CCC2(C)c1ccc(Cl)c(Cl)c1. The topological polar surface area (TPSA) is 17.8 Å². The molecule has 1 aliphatic heterocycles. The van der Waals surface area contributed by atoms with Crippen LogP contribution >= 0.6 is 46.6 Å². The minimum atomic E-state index is -0.517. The highest BCUT2D eigenvalue weighted by Gasteiger charge is 2.34. The van der Waals surface area contributed by atoms with Crippen LogP contribution in [-0.2, 0) is 12.0 Å². The van der Waals surface area contributed by atoms with Gasteiger partial charge in [0, 0.05) is 28.7 Å². The fourth-order valence-corrected chi connectivity index (χ4v) is 5.75. The molecule has 182 valence electrons. The molecule has 8 heteroatoms. The summed E-state index contributed by atoms with van der Waals surface area (Å²) in [5.74, 6) is 0.0871. The van der Waals surface area contributed by atoms with Crippen LogP contribution in [0.1, 0.15) is 42.6 Å². The molecule has 2 aromatic carbocycles. The molecule has 0 N–H and O–H groups in total. The third kappa shape index (κ3) is 5.69. The van der Waals surface area contributed by atoms with Crippen LogP contribution in [0.4, 0.5) is 8.78 Å². The zero-order valence-electron chi connectivity index (χ0n) is 19.1. The number of benzene rings is 2. The van der Waals surface area contributed by atoms with Crippen molar-refractivity contribution in [2.75, 3.05) is 0 Å². The number of hydrogen-bond acceptors (Lipinski definition) is 2. The van der Waals surface area contributed by atoms with E-state index in [2.05, 4.69) is 11.5 Å². The lowest BCUT2D eigenvalue weighted by atomic mass is 9.76. The van der Waals surface area contributed by atoms with Gasteiger partial charge in [-0.2, -0.15) is 0 Å². The lowest BCUT2D eigenvalue weighted by Gasteiger charge is -2.31. The Morgan fingerprint density at radius 2 is 1.83 bits per heavy atom. The number of halogens is 5. The lowest BCUT2D eigenvalue weighted by Crippen LogP contribution is -2.27. The van der Waals surface area contributed by atoms with Crippen molar-refractivity contribution in [1.29, 1.82) is 0 Å². The number of allylic oxidation sites excluding steroid dienone is 6. The highest BCUT2D eigenvalue weighted by molar-refractivity contribution is 7.99. The van der Waals surface area contributed by atoms with Gasteiger partial charge in [0.2, 0.25) is 0 Å². The second-order valence-corrected chi connectivity index (χ2v) is 11.1. The van der Waals surface area contributed by atoms with Crippen LogP contribution in [0, 0.1) is 5.82 Å². The molecule has 0 saturated carbocycles. The first-order chi connectivity index (χ1) is 16.7. The maximum atomic E-state index is 14.2. The van der Waals surface area contributed by atoms with Gasteiger partial charge in [-0.1, -0.05) is 59.1 Å². The van der Waals surface area contributed by atoms with E-state index in [9.17, 15) is 8.78 Å². The van der Waals surface area contributed by atoms with Gasteiger partial charge in [0.05, 0.1) is 20.3 Å². The van der Waals surface area contributed by atoms with Crippen molar-refractivity contribution in [2.24, 2.45) is 0 Å². The van der Waals surface area contributed by atoms with Crippen molar-refractivity contribution < 1.29 is 8.78 Å². The maximum Gasteiger partial charge on any atom is 0.124 e. The summed E-state index contributed by atoms with van der Waals surface area (Å²) in [4.78, 5) is 5.55. The Bertz CT molecular complexity index is 1330. The number of hydrogen-bond donors (Lipinski definition) is 0. The van der Waals surface area contributed by atoms with Crippen LogP contribution in [0.2, 0.25) is 15.1 Å². The molecule has 0 amide bonds. The third-order valence-electron chi connectivity index (χ3n) is 6.05. The van der Waals surface area contributed by atoms with Crippen molar-refractivity contribution in [3.8, 4) is 0 Å². The average Bonchev–Trinajstić information content (AvgIpc) is 3.23. The highest BCUT2D eigenvalue weighted by Crippen LogP contribution is 2.43. The van der Waals surface area contributed by atoms with Gasteiger partial charge in [0.15, 0.2) is 0 Å². The Balaban J connectivity index is 1.82. The summed E-state index contributed by atoms with van der Waals surface area (Å²) in [5, 5.41) is 1.19.